The van der Waals surface area contributed by atoms with Gasteiger partial charge in [-0.3, -0.25) is 16.0 Å². The molecule has 5 N–H and O–H groups in total. The summed E-state index contributed by atoms with van der Waals surface area (Å²) < 4.78 is 12.4. The molecular formula is C20H39N5O2. The van der Waals surface area contributed by atoms with Crippen LogP contribution in [0.4, 0.5) is 0 Å². The van der Waals surface area contributed by atoms with Crippen molar-refractivity contribution in [3.05, 3.63) is 0 Å². The van der Waals surface area contributed by atoms with Crippen molar-refractivity contribution in [1.29, 1.82) is 0 Å². The zero-order valence-electron chi connectivity index (χ0n) is 17.0. The third kappa shape index (κ3) is 5.01. The van der Waals surface area contributed by atoms with E-state index < -0.39 is 0 Å². The van der Waals surface area contributed by atoms with Crippen molar-refractivity contribution in [2.75, 3.05) is 33.4 Å². The number of fused-ring (bicyclic) bond motifs is 1. The fourth-order valence-corrected chi connectivity index (χ4v) is 5.65. The quantitative estimate of drug-likeness (QED) is 0.480. The van der Waals surface area contributed by atoms with Gasteiger partial charge in [-0.25, -0.2) is 0 Å². The number of nitrogens with one attached hydrogen (secondary N) is 5. The van der Waals surface area contributed by atoms with Gasteiger partial charge >= 0.3 is 0 Å². The predicted molar refractivity (Wildman–Crippen MR) is 106 cm³/mol. The van der Waals surface area contributed by atoms with E-state index >= 15 is 0 Å². The lowest BCUT2D eigenvalue weighted by Gasteiger charge is -2.48. The molecule has 7 heteroatoms. The van der Waals surface area contributed by atoms with Gasteiger partial charge in [-0.1, -0.05) is 0 Å². The van der Waals surface area contributed by atoms with Crippen molar-refractivity contribution >= 4 is 0 Å². The largest absolute Gasteiger partial charge is 0.373 e. The Hall–Kier alpha value is -0.280. The molecule has 4 rings (SSSR count). The first-order valence-corrected chi connectivity index (χ1v) is 11.1. The molecule has 4 fully saturated rings. The van der Waals surface area contributed by atoms with Gasteiger partial charge < -0.3 is 20.1 Å². The third-order valence-electron chi connectivity index (χ3n) is 6.97. The molecule has 0 aromatic rings. The van der Waals surface area contributed by atoms with Crippen LogP contribution in [0.1, 0.15) is 45.4 Å². The summed E-state index contributed by atoms with van der Waals surface area (Å²) in [6.07, 6.45) is 8.23. The topological polar surface area (TPSA) is 78.6 Å². The fraction of sp³-hybridized carbons (Fsp3) is 1.00. The zero-order valence-corrected chi connectivity index (χ0v) is 17.0. The number of hydrogen-bond donors (Lipinski definition) is 5. The van der Waals surface area contributed by atoms with Crippen molar-refractivity contribution in [2.45, 2.75) is 82.2 Å². The molecule has 0 bridgehead atoms. The molecule has 0 spiro atoms. The lowest BCUT2D eigenvalue weighted by molar-refractivity contribution is -0.187. The van der Waals surface area contributed by atoms with Crippen molar-refractivity contribution in [3.8, 4) is 0 Å². The normalized spacial score (nSPS) is 46.4. The van der Waals surface area contributed by atoms with Crippen LogP contribution < -0.4 is 26.6 Å². The Labute approximate surface area is 164 Å². The van der Waals surface area contributed by atoms with Gasteiger partial charge in [-0.15, -0.1) is 0 Å². The zero-order chi connectivity index (χ0) is 18.6. The van der Waals surface area contributed by atoms with Crippen molar-refractivity contribution in [3.63, 3.8) is 0 Å². The predicted octanol–water partition coefficient (Wildman–Crippen LogP) is 0.329. The summed E-state index contributed by atoms with van der Waals surface area (Å²) in [6, 6.07) is 0.956. The molecule has 0 radical (unpaired) electrons. The minimum absolute atomic E-state index is 0.147. The average molecular weight is 382 g/mol. The smallest absolute Gasteiger partial charge is 0.113 e. The fourth-order valence-electron chi connectivity index (χ4n) is 5.65. The van der Waals surface area contributed by atoms with Crippen LogP contribution in [0, 0.1) is 11.8 Å². The van der Waals surface area contributed by atoms with E-state index in [1.54, 1.807) is 0 Å². The Bertz CT molecular complexity index is 460. The van der Waals surface area contributed by atoms with Crippen molar-refractivity contribution in [1.82, 2.24) is 26.6 Å². The van der Waals surface area contributed by atoms with E-state index in [4.69, 9.17) is 9.47 Å². The Balaban J connectivity index is 1.42. The molecule has 8 unspecified atom stereocenters. The second-order valence-corrected chi connectivity index (χ2v) is 8.93. The van der Waals surface area contributed by atoms with Gasteiger partial charge in [0.05, 0.1) is 31.6 Å². The van der Waals surface area contributed by atoms with Crippen LogP contribution in [0.3, 0.4) is 0 Å². The summed E-state index contributed by atoms with van der Waals surface area (Å²) in [5, 5.41) is 18.1. The number of rotatable bonds is 4. The molecule has 1 aliphatic carbocycles. The summed E-state index contributed by atoms with van der Waals surface area (Å²) >= 11 is 0. The summed E-state index contributed by atoms with van der Waals surface area (Å²) in [7, 11) is 2.03. The van der Waals surface area contributed by atoms with E-state index in [2.05, 4.69) is 33.5 Å². The van der Waals surface area contributed by atoms with Crippen LogP contribution in [-0.4, -0.2) is 70.1 Å². The van der Waals surface area contributed by atoms with E-state index in [1.165, 1.54) is 25.7 Å². The lowest BCUT2D eigenvalue weighted by atomic mass is 9.71. The number of ether oxygens (including phenoxy) is 2. The lowest BCUT2D eigenvalue weighted by Crippen LogP contribution is -2.68. The molecule has 0 aromatic carbocycles. The summed E-state index contributed by atoms with van der Waals surface area (Å²) in [4.78, 5) is 0. The highest BCUT2D eigenvalue weighted by molar-refractivity contribution is 4.97. The molecular weight excluding hydrogens is 342 g/mol. The van der Waals surface area contributed by atoms with Crippen LogP contribution in [0.5, 0.6) is 0 Å². The third-order valence-corrected chi connectivity index (χ3v) is 6.97. The SMILES string of the molecule is CNC1CC(C)NC(NC2CC3OCCOC3C(C3CCCNCC3)C2)N1. The monoisotopic (exact) mass is 381 g/mol. The second kappa shape index (κ2) is 9.48. The highest BCUT2D eigenvalue weighted by Crippen LogP contribution is 2.39. The Morgan fingerprint density at radius 2 is 1.85 bits per heavy atom. The molecule has 1 saturated carbocycles. The molecule has 0 amide bonds. The molecule has 0 aromatic heterocycles. The van der Waals surface area contributed by atoms with Gasteiger partial charge in [0.15, 0.2) is 0 Å². The van der Waals surface area contributed by atoms with Crippen molar-refractivity contribution < 1.29 is 9.47 Å². The minimum Gasteiger partial charge on any atom is -0.373 e. The molecule has 27 heavy (non-hydrogen) atoms. The van der Waals surface area contributed by atoms with Crippen LogP contribution in [0.25, 0.3) is 0 Å². The molecule has 3 heterocycles. The Morgan fingerprint density at radius 3 is 2.74 bits per heavy atom. The van der Waals surface area contributed by atoms with E-state index in [0.717, 1.165) is 45.1 Å². The van der Waals surface area contributed by atoms with Gasteiger partial charge in [0, 0.05) is 12.1 Å². The average Bonchev–Trinajstić information content (AvgIpc) is 2.96. The standard InChI is InChI=1S/C20H39N5O2/c1-13-10-18(21-2)25-20(23-13)24-15-11-16(14-4-3-6-22-7-5-14)19-17(12-15)26-8-9-27-19/h13-25H,3-12H2,1-2H3. The summed E-state index contributed by atoms with van der Waals surface area (Å²) in [5.41, 5.74) is 0. The molecule has 3 saturated heterocycles. The minimum atomic E-state index is 0.147. The maximum atomic E-state index is 6.26. The van der Waals surface area contributed by atoms with Gasteiger partial charge in [0.1, 0.15) is 6.29 Å². The van der Waals surface area contributed by atoms with Gasteiger partial charge in [-0.2, -0.15) is 0 Å². The molecule has 156 valence electrons. The van der Waals surface area contributed by atoms with E-state index in [1.807, 2.05) is 7.05 Å². The van der Waals surface area contributed by atoms with Crippen LogP contribution >= 0.6 is 0 Å². The van der Waals surface area contributed by atoms with Gasteiger partial charge in [0.25, 0.3) is 0 Å². The first-order valence-electron chi connectivity index (χ1n) is 11.1. The van der Waals surface area contributed by atoms with Crippen LogP contribution in [-0.2, 0) is 9.47 Å². The van der Waals surface area contributed by atoms with Crippen molar-refractivity contribution in [2.24, 2.45) is 11.8 Å². The first kappa shape index (κ1) is 20.0. The highest BCUT2D eigenvalue weighted by Gasteiger charge is 2.44. The molecule has 3 aliphatic heterocycles. The summed E-state index contributed by atoms with van der Waals surface area (Å²) in [5.74, 6) is 1.35. The van der Waals surface area contributed by atoms with E-state index in [-0.39, 0.29) is 18.5 Å². The van der Waals surface area contributed by atoms with E-state index in [9.17, 15) is 0 Å². The van der Waals surface area contributed by atoms with Crippen LogP contribution in [0.15, 0.2) is 0 Å². The second-order valence-electron chi connectivity index (χ2n) is 8.93. The Morgan fingerprint density at radius 1 is 0.963 bits per heavy atom. The molecule has 4 aliphatic rings. The van der Waals surface area contributed by atoms with Crippen LogP contribution in [0.2, 0.25) is 0 Å². The summed E-state index contributed by atoms with van der Waals surface area (Å²) in [6.45, 7) is 6.07. The molecule has 7 nitrogen and oxygen atoms in total. The Kier molecular flexibility index (Phi) is 7.03. The van der Waals surface area contributed by atoms with Gasteiger partial charge in [0.2, 0.25) is 0 Å². The van der Waals surface area contributed by atoms with E-state index in [0.29, 0.717) is 24.2 Å². The molecule has 8 atom stereocenters. The van der Waals surface area contributed by atoms with Gasteiger partial charge in [-0.05, 0) is 77.4 Å². The maximum absolute atomic E-state index is 6.26. The highest BCUT2D eigenvalue weighted by atomic mass is 16.6. The maximum Gasteiger partial charge on any atom is 0.113 e. The number of hydrogen-bond acceptors (Lipinski definition) is 7. The first-order chi connectivity index (χ1) is 13.2.